The monoisotopic (exact) mass is 115 g/mol. The lowest BCUT2D eigenvalue weighted by atomic mass is 10.6. The normalized spacial score (nSPS) is 26.1. The van der Waals surface area contributed by atoms with Crippen molar-refractivity contribution in [3.05, 3.63) is 0 Å². The molecular formula is C3H5N3O2. The Morgan fingerprint density at radius 3 is 2.88 bits per heavy atom. The van der Waals surface area contributed by atoms with Gasteiger partial charge in [-0.05, 0) is 0 Å². The topological polar surface area (TPSA) is 63.1 Å². The number of hydrogen-bond donors (Lipinski definition) is 1. The Hall–Kier alpha value is -0.970. The van der Waals surface area contributed by atoms with Crippen molar-refractivity contribution in [3.63, 3.8) is 0 Å². The SMILES string of the molecule is COC1N=NNC1=O. The molecule has 0 aromatic rings. The third-order valence-electron chi connectivity index (χ3n) is 0.770. The van der Waals surface area contributed by atoms with E-state index in [0.717, 1.165) is 0 Å². The summed E-state index contributed by atoms with van der Waals surface area (Å²) in [6, 6.07) is 0. The number of hydrogen-bond acceptors (Lipinski definition) is 4. The van der Waals surface area contributed by atoms with Gasteiger partial charge in [-0.25, -0.2) is 5.43 Å². The summed E-state index contributed by atoms with van der Waals surface area (Å²) < 4.78 is 4.55. The maximum Gasteiger partial charge on any atom is 0.295 e. The van der Waals surface area contributed by atoms with E-state index in [2.05, 4.69) is 20.5 Å². The standard InChI is InChI=1S/C3H5N3O2/c1-8-3-2(7)4-6-5-3/h3H,1H3,(H,4,5,7). The Balaban J connectivity index is 2.53. The van der Waals surface area contributed by atoms with Crippen molar-refractivity contribution >= 4 is 5.91 Å². The van der Waals surface area contributed by atoms with Crippen LogP contribution < -0.4 is 5.43 Å². The van der Waals surface area contributed by atoms with Gasteiger partial charge in [0.2, 0.25) is 0 Å². The second-order valence-corrected chi connectivity index (χ2v) is 1.28. The molecular weight excluding hydrogens is 110 g/mol. The zero-order chi connectivity index (χ0) is 5.98. The number of ether oxygens (including phenoxy) is 1. The van der Waals surface area contributed by atoms with E-state index in [1.165, 1.54) is 7.11 Å². The van der Waals surface area contributed by atoms with Crippen molar-refractivity contribution in [1.29, 1.82) is 0 Å². The number of carbonyl (C=O) groups is 1. The highest BCUT2D eigenvalue weighted by molar-refractivity contribution is 5.81. The van der Waals surface area contributed by atoms with Crippen LogP contribution in [0.5, 0.6) is 0 Å². The van der Waals surface area contributed by atoms with Crippen molar-refractivity contribution in [1.82, 2.24) is 5.43 Å². The zero-order valence-corrected chi connectivity index (χ0v) is 4.29. The summed E-state index contributed by atoms with van der Waals surface area (Å²) in [6.07, 6.45) is -0.727. The lowest BCUT2D eigenvalue weighted by molar-refractivity contribution is -0.128. The molecule has 1 aliphatic heterocycles. The van der Waals surface area contributed by atoms with Crippen LogP contribution in [0.2, 0.25) is 0 Å². The first kappa shape index (κ1) is 5.17. The largest absolute Gasteiger partial charge is 0.350 e. The smallest absolute Gasteiger partial charge is 0.295 e. The molecule has 0 aliphatic carbocycles. The number of rotatable bonds is 1. The van der Waals surface area contributed by atoms with E-state index >= 15 is 0 Å². The highest BCUT2D eigenvalue weighted by atomic mass is 16.5. The van der Waals surface area contributed by atoms with Gasteiger partial charge in [-0.1, -0.05) is 5.22 Å². The number of nitrogens with zero attached hydrogens (tertiary/aromatic N) is 2. The Morgan fingerprint density at radius 1 is 1.88 bits per heavy atom. The molecule has 1 atom stereocenters. The van der Waals surface area contributed by atoms with Crippen LogP contribution in [0.4, 0.5) is 0 Å². The highest BCUT2D eigenvalue weighted by Gasteiger charge is 2.20. The molecule has 0 fully saturated rings. The van der Waals surface area contributed by atoms with Crippen LogP contribution in [-0.4, -0.2) is 19.2 Å². The molecule has 1 N–H and O–H groups in total. The van der Waals surface area contributed by atoms with Crippen LogP contribution in [0, 0.1) is 0 Å². The van der Waals surface area contributed by atoms with Crippen LogP contribution in [-0.2, 0) is 9.53 Å². The molecule has 0 saturated heterocycles. The Bertz CT molecular complexity index is 132. The Morgan fingerprint density at radius 2 is 2.62 bits per heavy atom. The van der Waals surface area contributed by atoms with Gasteiger partial charge in [0.1, 0.15) is 0 Å². The van der Waals surface area contributed by atoms with Crippen molar-refractivity contribution in [2.45, 2.75) is 6.23 Å². The molecule has 1 aliphatic rings. The molecule has 0 aromatic heterocycles. The lowest BCUT2D eigenvalue weighted by Crippen LogP contribution is -2.24. The summed E-state index contributed by atoms with van der Waals surface area (Å²) in [5, 5.41) is 6.59. The van der Waals surface area contributed by atoms with Gasteiger partial charge >= 0.3 is 0 Å². The van der Waals surface area contributed by atoms with Gasteiger partial charge in [-0.3, -0.25) is 4.79 Å². The first-order valence-electron chi connectivity index (χ1n) is 2.07. The van der Waals surface area contributed by atoms with Crippen LogP contribution >= 0.6 is 0 Å². The second kappa shape index (κ2) is 1.87. The minimum absolute atomic E-state index is 0.312. The maximum absolute atomic E-state index is 10.4. The van der Waals surface area contributed by atoms with Gasteiger partial charge in [0.15, 0.2) is 0 Å². The summed E-state index contributed by atoms with van der Waals surface area (Å²) in [5.41, 5.74) is 2.11. The van der Waals surface area contributed by atoms with Gasteiger partial charge in [-0.2, -0.15) is 0 Å². The summed E-state index contributed by atoms with van der Waals surface area (Å²) in [6.45, 7) is 0. The van der Waals surface area contributed by atoms with Gasteiger partial charge in [0.25, 0.3) is 12.1 Å². The first-order valence-corrected chi connectivity index (χ1v) is 2.07. The fraction of sp³-hybridized carbons (Fsp3) is 0.667. The summed E-state index contributed by atoms with van der Waals surface area (Å²) in [4.78, 5) is 10.4. The molecule has 0 aromatic carbocycles. The van der Waals surface area contributed by atoms with Crippen molar-refractivity contribution in [2.24, 2.45) is 10.3 Å². The van der Waals surface area contributed by atoms with Gasteiger partial charge in [0.05, 0.1) is 0 Å². The van der Waals surface area contributed by atoms with E-state index in [1.54, 1.807) is 0 Å². The minimum atomic E-state index is -0.727. The van der Waals surface area contributed by atoms with E-state index in [0.29, 0.717) is 0 Å². The van der Waals surface area contributed by atoms with Crippen molar-refractivity contribution in [3.8, 4) is 0 Å². The molecule has 1 rings (SSSR count). The quantitative estimate of drug-likeness (QED) is 0.498. The molecule has 1 unspecified atom stereocenters. The van der Waals surface area contributed by atoms with Gasteiger partial charge < -0.3 is 4.74 Å². The molecule has 5 heteroatoms. The summed E-state index contributed by atoms with van der Waals surface area (Å²) >= 11 is 0. The molecule has 5 nitrogen and oxygen atoms in total. The lowest BCUT2D eigenvalue weighted by Gasteiger charge is -1.95. The van der Waals surface area contributed by atoms with E-state index in [9.17, 15) is 4.79 Å². The van der Waals surface area contributed by atoms with E-state index in [1.807, 2.05) is 0 Å². The zero-order valence-electron chi connectivity index (χ0n) is 4.29. The fourth-order valence-electron chi connectivity index (χ4n) is 0.392. The number of amides is 1. The predicted octanol–water partition coefficient (Wildman–Crippen LogP) is -0.544. The van der Waals surface area contributed by atoms with Crippen molar-refractivity contribution in [2.75, 3.05) is 7.11 Å². The molecule has 8 heavy (non-hydrogen) atoms. The van der Waals surface area contributed by atoms with Gasteiger partial charge in [-0.15, -0.1) is 5.11 Å². The molecule has 0 spiro atoms. The third kappa shape index (κ3) is 0.671. The number of carbonyl (C=O) groups excluding carboxylic acids is 1. The molecule has 44 valence electrons. The van der Waals surface area contributed by atoms with Crippen molar-refractivity contribution < 1.29 is 9.53 Å². The average molecular weight is 115 g/mol. The van der Waals surface area contributed by atoms with E-state index < -0.39 is 6.23 Å². The molecule has 0 bridgehead atoms. The fourth-order valence-corrected chi connectivity index (χ4v) is 0.392. The third-order valence-corrected chi connectivity index (χ3v) is 0.770. The van der Waals surface area contributed by atoms with Crippen LogP contribution in [0.15, 0.2) is 10.3 Å². The Labute approximate surface area is 45.7 Å². The number of methoxy groups -OCH3 is 1. The molecule has 1 amide bonds. The number of nitrogens with one attached hydrogen (secondary N) is 1. The van der Waals surface area contributed by atoms with Crippen LogP contribution in [0.3, 0.4) is 0 Å². The van der Waals surface area contributed by atoms with Gasteiger partial charge in [0, 0.05) is 7.11 Å². The maximum atomic E-state index is 10.4. The average Bonchev–Trinajstić information content (AvgIpc) is 2.14. The highest BCUT2D eigenvalue weighted by Crippen LogP contribution is 1.97. The summed E-state index contributed by atoms with van der Waals surface area (Å²) in [7, 11) is 1.40. The Kier molecular flexibility index (Phi) is 1.21. The minimum Gasteiger partial charge on any atom is -0.350 e. The molecule has 0 radical (unpaired) electrons. The summed E-state index contributed by atoms with van der Waals surface area (Å²) in [5.74, 6) is -0.312. The van der Waals surface area contributed by atoms with E-state index in [-0.39, 0.29) is 5.91 Å². The second-order valence-electron chi connectivity index (χ2n) is 1.28. The first-order chi connectivity index (χ1) is 3.84. The predicted molar refractivity (Wildman–Crippen MR) is 23.8 cm³/mol. The molecule has 0 saturated carbocycles. The van der Waals surface area contributed by atoms with E-state index in [4.69, 9.17) is 0 Å². The van der Waals surface area contributed by atoms with Crippen LogP contribution in [0.25, 0.3) is 0 Å². The van der Waals surface area contributed by atoms with Crippen LogP contribution in [0.1, 0.15) is 0 Å². The molecule has 1 heterocycles.